The Morgan fingerprint density at radius 1 is 1.41 bits per heavy atom. The van der Waals surface area contributed by atoms with Crippen LogP contribution in [0, 0.1) is 5.41 Å². The first-order valence-electron chi connectivity index (χ1n) is 5.63. The zero-order valence-corrected chi connectivity index (χ0v) is 9.97. The van der Waals surface area contributed by atoms with Crippen molar-refractivity contribution in [3.8, 4) is 0 Å². The minimum absolute atomic E-state index is 0.102. The molecule has 6 nitrogen and oxygen atoms in total. The Balaban J connectivity index is 2.86. The molecule has 1 aliphatic rings. The fraction of sp³-hybridized carbons (Fsp3) is 0.727. The smallest absolute Gasteiger partial charge is 0.334 e. The Labute approximate surface area is 99.2 Å². The van der Waals surface area contributed by atoms with E-state index in [2.05, 4.69) is 0 Å². The minimum atomic E-state index is -1.72. The molecule has 1 aliphatic heterocycles. The van der Waals surface area contributed by atoms with Crippen LogP contribution in [0.2, 0.25) is 0 Å². The van der Waals surface area contributed by atoms with Gasteiger partial charge in [0.2, 0.25) is 11.8 Å². The summed E-state index contributed by atoms with van der Waals surface area (Å²) < 4.78 is 0. The van der Waals surface area contributed by atoms with Crippen molar-refractivity contribution in [3.05, 3.63) is 0 Å². The number of carbonyl (C=O) groups excluding carboxylic acids is 2. The SMILES string of the molecule is CCC1(CC)CC(=O)N(CC(O)C(=O)O)C1=O. The number of aliphatic hydroxyl groups excluding tert-OH is 1. The van der Waals surface area contributed by atoms with E-state index in [0.717, 1.165) is 4.90 Å². The maximum atomic E-state index is 12.1. The van der Waals surface area contributed by atoms with Crippen molar-refractivity contribution in [2.45, 2.75) is 39.2 Å². The number of β-amino-alcohol motifs (C(OH)–C–C–N with tert-alkyl or cyclic N) is 1. The second-order valence-corrected chi connectivity index (χ2v) is 4.33. The third kappa shape index (κ3) is 2.31. The lowest BCUT2D eigenvalue weighted by molar-refractivity contribution is -0.151. The normalized spacial score (nSPS) is 20.8. The van der Waals surface area contributed by atoms with E-state index < -0.39 is 29.9 Å². The molecular weight excluding hydrogens is 226 g/mol. The average Bonchev–Trinajstić information content (AvgIpc) is 2.53. The lowest BCUT2D eigenvalue weighted by atomic mass is 9.81. The van der Waals surface area contributed by atoms with E-state index in [1.165, 1.54) is 0 Å². The van der Waals surface area contributed by atoms with Gasteiger partial charge in [-0.2, -0.15) is 0 Å². The summed E-state index contributed by atoms with van der Waals surface area (Å²) in [6, 6.07) is 0. The maximum absolute atomic E-state index is 12.1. The van der Waals surface area contributed by atoms with E-state index in [1.54, 1.807) is 0 Å². The molecule has 6 heteroatoms. The summed E-state index contributed by atoms with van der Waals surface area (Å²) in [6.07, 6.45) is -0.542. The third-order valence-corrected chi connectivity index (χ3v) is 3.48. The summed E-state index contributed by atoms with van der Waals surface area (Å²) in [6.45, 7) is 3.19. The molecule has 1 unspecified atom stereocenters. The van der Waals surface area contributed by atoms with Gasteiger partial charge in [0.25, 0.3) is 0 Å². The first-order chi connectivity index (χ1) is 7.88. The van der Waals surface area contributed by atoms with Gasteiger partial charge in [-0.15, -0.1) is 0 Å². The van der Waals surface area contributed by atoms with Crippen LogP contribution in [0.5, 0.6) is 0 Å². The monoisotopic (exact) mass is 243 g/mol. The Hall–Kier alpha value is -1.43. The number of rotatable bonds is 5. The highest BCUT2D eigenvalue weighted by atomic mass is 16.4. The number of aliphatic carboxylic acids is 1. The van der Waals surface area contributed by atoms with E-state index in [9.17, 15) is 19.5 Å². The summed E-state index contributed by atoms with van der Waals surface area (Å²) >= 11 is 0. The van der Waals surface area contributed by atoms with E-state index >= 15 is 0 Å². The lowest BCUT2D eigenvalue weighted by Crippen LogP contribution is -2.42. The standard InChI is InChI=1S/C11H17NO5/c1-3-11(4-2)5-8(14)12(10(11)17)6-7(13)9(15)16/h7,13H,3-6H2,1-2H3,(H,15,16). The van der Waals surface area contributed by atoms with Crippen molar-refractivity contribution < 1.29 is 24.6 Å². The summed E-state index contributed by atoms with van der Waals surface area (Å²) in [5.74, 6) is -2.21. The molecule has 0 saturated carbocycles. The average molecular weight is 243 g/mol. The number of imide groups is 1. The number of nitrogens with zero attached hydrogens (tertiary/aromatic N) is 1. The highest BCUT2D eigenvalue weighted by Crippen LogP contribution is 2.39. The summed E-state index contributed by atoms with van der Waals surface area (Å²) in [5, 5.41) is 17.8. The van der Waals surface area contributed by atoms with E-state index in [-0.39, 0.29) is 12.3 Å². The van der Waals surface area contributed by atoms with Crippen LogP contribution in [-0.2, 0) is 14.4 Å². The molecule has 1 atom stereocenters. The molecule has 0 aromatic heterocycles. The molecule has 2 N–H and O–H groups in total. The van der Waals surface area contributed by atoms with Crippen molar-refractivity contribution in [1.29, 1.82) is 0 Å². The quantitative estimate of drug-likeness (QED) is 0.662. The van der Waals surface area contributed by atoms with Gasteiger partial charge in [0.15, 0.2) is 6.10 Å². The number of hydrogen-bond acceptors (Lipinski definition) is 4. The third-order valence-electron chi connectivity index (χ3n) is 3.48. The van der Waals surface area contributed by atoms with E-state index in [0.29, 0.717) is 12.8 Å². The van der Waals surface area contributed by atoms with Crippen LogP contribution < -0.4 is 0 Å². The number of carbonyl (C=O) groups is 3. The molecule has 96 valence electrons. The number of hydrogen-bond donors (Lipinski definition) is 2. The van der Waals surface area contributed by atoms with Gasteiger partial charge in [-0.3, -0.25) is 14.5 Å². The molecule has 1 rings (SSSR count). The summed E-state index contributed by atoms with van der Waals surface area (Å²) in [4.78, 5) is 35.1. The highest BCUT2D eigenvalue weighted by Gasteiger charge is 2.49. The topological polar surface area (TPSA) is 94.9 Å². The first-order valence-corrected chi connectivity index (χ1v) is 5.63. The predicted octanol–water partition coefficient (Wildman–Crippen LogP) is -0.00280. The minimum Gasteiger partial charge on any atom is -0.479 e. The molecule has 1 fully saturated rings. The lowest BCUT2D eigenvalue weighted by Gasteiger charge is -2.24. The fourth-order valence-electron chi connectivity index (χ4n) is 2.10. The number of aliphatic hydroxyl groups is 1. The van der Waals surface area contributed by atoms with Crippen LogP contribution in [0.15, 0.2) is 0 Å². The van der Waals surface area contributed by atoms with Crippen LogP contribution in [0.1, 0.15) is 33.1 Å². The van der Waals surface area contributed by atoms with Gasteiger partial charge in [0, 0.05) is 6.42 Å². The van der Waals surface area contributed by atoms with Gasteiger partial charge in [0.05, 0.1) is 12.0 Å². The zero-order valence-electron chi connectivity index (χ0n) is 9.97. The molecule has 2 amide bonds. The van der Waals surface area contributed by atoms with Crippen molar-refractivity contribution in [1.82, 2.24) is 4.90 Å². The second-order valence-electron chi connectivity index (χ2n) is 4.33. The number of amides is 2. The summed E-state index contributed by atoms with van der Waals surface area (Å²) in [5.41, 5.74) is -0.713. The summed E-state index contributed by atoms with van der Waals surface area (Å²) in [7, 11) is 0. The molecule has 0 spiro atoms. The van der Waals surface area contributed by atoms with E-state index in [4.69, 9.17) is 5.11 Å². The van der Waals surface area contributed by atoms with E-state index in [1.807, 2.05) is 13.8 Å². The first kappa shape index (κ1) is 13.6. The van der Waals surface area contributed by atoms with Gasteiger partial charge in [-0.05, 0) is 12.8 Å². The fourth-order valence-corrected chi connectivity index (χ4v) is 2.10. The van der Waals surface area contributed by atoms with Gasteiger partial charge in [-0.25, -0.2) is 4.79 Å². The van der Waals surface area contributed by atoms with Gasteiger partial charge < -0.3 is 10.2 Å². The maximum Gasteiger partial charge on any atom is 0.334 e. The second kappa shape index (κ2) is 4.83. The van der Waals surface area contributed by atoms with Crippen LogP contribution in [0.25, 0.3) is 0 Å². The molecule has 0 bridgehead atoms. The van der Waals surface area contributed by atoms with Crippen molar-refractivity contribution in [3.63, 3.8) is 0 Å². The number of carboxylic acid groups (broad SMARTS) is 1. The molecule has 0 aromatic rings. The molecule has 17 heavy (non-hydrogen) atoms. The Bertz CT molecular complexity index is 348. The van der Waals surface area contributed by atoms with Gasteiger partial charge in [-0.1, -0.05) is 13.8 Å². The molecular formula is C11H17NO5. The number of carboxylic acids is 1. The van der Waals surface area contributed by atoms with Crippen LogP contribution in [-0.4, -0.2) is 45.5 Å². The molecule has 0 aromatic carbocycles. The molecule has 0 aliphatic carbocycles. The van der Waals surface area contributed by atoms with Crippen molar-refractivity contribution in [2.75, 3.05) is 6.54 Å². The van der Waals surface area contributed by atoms with Crippen LogP contribution >= 0.6 is 0 Å². The highest BCUT2D eigenvalue weighted by molar-refractivity contribution is 6.06. The van der Waals surface area contributed by atoms with Gasteiger partial charge >= 0.3 is 5.97 Å². The Morgan fingerprint density at radius 3 is 2.29 bits per heavy atom. The number of likely N-dealkylation sites (tertiary alicyclic amines) is 1. The molecule has 0 radical (unpaired) electrons. The Morgan fingerprint density at radius 2 is 1.94 bits per heavy atom. The molecule has 1 saturated heterocycles. The van der Waals surface area contributed by atoms with Gasteiger partial charge in [0.1, 0.15) is 0 Å². The van der Waals surface area contributed by atoms with Crippen LogP contribution in [0.4, 0.5) is 0 Å². The van der Waals surface area contributed by atoms with Crippen LogP contribution in [0.3, 0.4) is 0 Å². The largest absolute Gasteiger partial charge is 0.479 e. The molecule has 1 heterocycles. The zero-order chi connectivity index (χ0) is 13.2. The van der Waals surface area contributed by atoms with Crippen molar-refractivity contribution in [2.24, 2.45) is 5.41 Å². The Kier molecular flexibility index (Phi) is 3.87. The predicted molar refractivity (Wildman–Crippen MR) is 58.0 cm³/mol. The van der Waals surface area contributed by atoms with Crippen molar-refractivity contribution >= 4 is 17.8 Å².